The fourth-order valence-electron chi connectivity index (χ4n) is 3.69. The van der Waals surface area contributed by atoms with E-state index >= 15 is 0 Å². The van der Waals surface area contributed by atoms with Crippen LogP contribution < -0.4 is 0 Å². The molecule has 2 heterocycles. The molecule has 1 unspecified atom stereocenters. The highest BCUT2D eigenvalue weighted by Crippen LogP contribution is 2.36. The minimum Gasteiger partial charge on any atom is -0.341 e. The van der Waals surface area contributed by atoms with Gasteiger partial charge in [-0.2, -0.15) is 4.31 Å². The molecule has 1 aliphatic heterocycles. The summed E-state index contributed by atoms with van der Waals surface area (Å²) in [6, 6.07) is 14.8. The number of nitrogens with zero attached hydrogens (tertiary/aromatic N) is 2. The number of fused-ring (bicyclic) bond motifs is 1. The molecule has 1 fully saturated rings. The van der Waals surface area contributed by atoms with E-state index in [1.165, 1.54) is 0 Å². The number of benzene rings is 2. The van der Waals surface area contributed by atoms with Gasteiger partial charge < -0.3 is 4.98 Å². The third-order valence-corrected chi connectivity index (χ3v) is 7.18. The molecule has 5 nitrogen and oxygen atoms in total. The summed E-state index contributed by atoms with van der Waals surface area (Å²) in [6.07, 6.45) is 1.61. The van der Waals surface area contributed by atoms with E-state index in [9.17, 15) is 8.42 Å². The molecule has 0 radical (unpaired) electrons. The molecular weight excluding hydrogens is 358 g/mol. The van der Waals surface area contributed by atoms with Gasteiger partial charge in [-0.25, -0.2) is 13.4 Å². The summed E-state index contributed by atoms with van der Waals surface area (Å²) in [5, 5.41) is 0. The zero-order chi connectivity index (χ0) is 19.2. The summed E-state index contributed by atoms with van der Waals surface area (Å²) in [4.78, 5) is 8.29. The first kappa shape index (κ1) is 18.2. The molecule has 3 aromatic rings. The van der Waals surface area contributed by atoms with E-state index in [0.717, 1.165) is 35.3 Å². The molecule has 0 aliphatic carbocycles. The quantitative estimate of drug-likeness (QED) is 0.730. The van der Waals surface area contributed by atoms with Crippen LogP contribution in [0.25, 0.3) is 11.0 Å². The standard InChI is InChI=1S/C21H25N3O2S/c1-21(2,3)15-10-12-16(13-11-15)27(25,26)24-14-6-9-19(24)20-22-17-7-4-5-8-18(17)23-20/h4-5,7-8,10-13,19H,6,9,14H2,1-3H3,(H,22,23). The maximum absolute atomic E-state index is 13.3. The molecule has 1 saturated heterocycles. The third kappa shape index (κ3) is 3.28. The lowest BCUT2D eigenvalue weighted by Crippen LogP contribution is -2.31. The molecule has 4 rings (SSSR count). The van der Waals surface area contributed by atoms with Crippen molar-refractivity contribution in [1.29, 1.82) is 0 Å². The summed E-state index contributed by atoms with van der Waals surface area (Å²) in [5.74, 6) is 0.726. The van der Waals surface area contributed by atoms with Crippen LogP contribution in [0.5, 0.6) is 0 Å². The fraction of sp³-hybridized carbons (Fsp3) is 0.381. The monoisotopic (exact) mass is 383 g/mol. The number of H-pyrrole nitrogens is 1. The normalized spacial score (nSPS) is 19.0. The predicted molar refractivity (Wildman–Crippen MR) is 107 cm³/mol. The molecule has 142 valence electrons. The van der Waals surface area contributed by atoms with E-state index < -0.39 is 10.0 Å². The Kier molecular flexibility index (Phi) is 4.35. The molecule has 27 heavy (non-hydrogen) atoms. The van der Waals surface area contributed by atoms with Gasteiger partial charge in [0.25, 0.3) is 0 Å². The van der Waals surface area contributed by atoms with Gasteiger partial charge in [0, 0.05) is 6.54 Å². The number of aromatic amines is 1. The van der Waals surface area contributed by atoms with Gasteiger partial charge in [0.2, 0.25) is 10.0 Å². The summed E-state index contributed by atoms with van der Waals surface area (Å²) in [5.41, 5.74) is 2.92. The first-order chi connectivity index (χ1) is 12.8. The van der Waals surface area contributed by atoms with E-state index in [0.29, 0.717) is 11.4 Å². The number of hydrogen-bond donors (Lipinski definition) is 1. The lowest BCUT2D eigenvalue weighted by atomic mass is 9.87. The molecule has 1 aliphatic rings. The van der Waals surface area contributed by atoms with Gasteiger partial charge in [-0.05, 0) is 48.1 Å². The average molecular weight is 384 g/mol. The number of imidazole rings is 1. The summed E-state index contributed by atoms with van der Waals surface area (Å²) in [6.45, 7) is 6.88. The first-order valence-corrected chi connectivity index (χ1v) is 10.8. The van der Waals surface area contributed by atoms with Gasteiger partial charge in [0.1, 0.15) is 5.82 Å². The fourth-order valence-corrected chi connectivity index (χ4v) is 5.35. The topological polar surface area (TPSA) is 66.1 Å². The highest BCUT2D eigenvalue weighted by Gasteiger charge is 2.37. The largest absolute Gasteiger partial charge is 0.341 e. The molecule has 1 aromatic heterocycles. The van der Waals surface area contributed by atoms with Crippen LogP contribution in [-0.2, 0) is 15.4 Å². The third-order valence-electron chi connectivity index (χ3n) is 5.25. The Labute approximate surface area is 160 Å². The lowest BCUT2D eigenvalue weighted by Gasteiger charge is -2.24. The maximum atomic E-state index is 13.3. The lowest BCUT2D eigenvalue weighted by molar-refractivity contribution is 0.385. The first-order valence-electron chi connectivity index (χ1n) is 9.34. The van der Waals surface area contributed by atoms with E-state index in [-0.39, 0.29) is 11.5 Å². The van der Waals surface area contributed by atoms with Gasteiger partial charge in [-0.15, -0.1) is 0 Å². The molecule has 0 bridgehead atoms. The van der Waals surface area contributed by atoms with Crippen molar-refractivity contribution >= 4 is 21.1 Å². The molecular formula is C21H25N3O2S. The van der Waals surface area contributed by atoms with Crippen LogP contribution in [0.1, 0.15) is 51.0 Å². The van der Waals surface area contributed by atoms with Gasteiger partial charge in [-0.3, -0.25) is 0 Å². The van der Waals surface area contributed by atoms with Crippen molar-refractivity contribution in [2.24, 2.45) is 0 Å². The number of para-hydroxylation sites is 2. The van der Waals surface area contributed by atoms with Crippen LogP contribution >= 0.6 is 0 Å². The Morgan fingerprint density at radius 2 is 1.78 bits per heavy atom. The van der Waals surface area contributed by atoms with Crippen LogP contribution in [0.2, 0.25) is 0 Å². The van der Waals surface area contributed by atoms with Gasteiger partial charge in [0.15, 0.2) is 0 Å². The molecule has 6 heteroatoms. The van der Waals surface area contributed by atoms with Crippen molar-refractivity contribution in [2.75, 3.05) is 6.54 Å². The minimum atomic E-state index is -3.56. The molecule has 0 amide bonds. The zero-order valence-corrected chi connectivity index (χ0v) is 16.8. The second-order valence-corrected chi connectivity index (χ2v) is 10.1. The Morgan fingerprint density at radius 3 is 2.44 bits per heavy atom. The number of hydrogen-bond acceptors (Lipinski definition) is 3. The van der Waals surface area contributed by atoms with Crippen molar-refractivity contribution in [1.82, 2.24) is 14.3 Å². The zero-order valence-electron chi connectivity index (χ0n) is 15.9. The number of nitrogens with one attached hydrogen (secondary N) is 1. The number of sulfonamides is 1. The average Bonchev–Trinajstić information content (AvgIpc) is 3.28. The number of rotatable bonds is 3. The molecule has 1 atom stereocenters. The number of aromatic nitrogens is 2. The predicted octanol–water partition coefficient (Wildman–Crippen LogP) is 4.39. The second-order valence-electron chi connectivity index (χ2n) is 8.19. The van der Waals surface area contributed by atoms with Gasteiger partial charge in [-0.1, -0.05) is 45.0 Å². The Balaban J connectivity index is 1.68. The van der Waals surface area contributed by atoms with E-state index in [2.05, 4.69) is 30.7 Å². The van der Waals surface area contributed by atoms with Crippen LogP contribution in [-0.4, -0.2) is 29.2 Å². The maximum Gasteiger partial charge on any atom is 0.243 e. The Bertz CT molecular complexity index is 1030. The van der Waals surface area contributed by atoms with E-state index in [1.54, 1.807) is 16.4 Å². The van der Waals surface area contributed by atoms with Crippen LogP contribution in [0.15, 0.2) is 53.4 Å². The van der Waals surface area contributed by atoms with Crippen molar-refractivity contribution in [3.63, 3.8) is 0 Å². The van der Waals surface area contributed by atoms with Crippen molar-refractivity contribution in [3.8, 4) is 0 Å². The summed E-state index contributed by atoms with van der Waals surface area (Å²) < 4.78 is 28.2. The van der Waals surface area contributed by atoms with Gasteiger partial charge in [0.05, 0.1) is 22.0 Å². The second kappa shape index (κ2) is 6.46. The van der Waals surface area contributed by atoms with Gasteiger partial charge >= 0.3 is 0 Å². The Morgan fingerprint density at radius 1 is 1.07 bits per heavy atom. The molecule has 0 saturated carbocycles. The van der Waals surface area contributed by atoms with Crippen LogP contribution in [0, 0.1) is 0 Å². The SMILES string of the molecule is CC(C)(C)c1ccc(S(=O)(=O)N2CCCC2c2nc3ccccc3[nH]2)cc1. The highest BCUT2D eigenvalue weighted by atomic mass is 32.2. The molecule has 2 aromatic carbocycles. The van der Waals surface area contributed by atoms with Crippen molar-refractivity contribution in [2.45, 2.75) is 50.0 Å². The summed E-state index contributed by atoms with van der Waals surface area (Å²) in [7, 11) is -3.56. The van der Waals surface area contributed by atoms with Crippen LogP contribution in [0.3, 0.4) is 0 Å². The Hall–Kier alpha value is -2.18. The minimum absolute atomic E-state index is 0.00720. The highest BCUT2D eigenvalue weighted by molar-refractivity contribution is 7.89. The summed E-state index contributed by atoms with van der Waals surface area (Å²) >= 11 is 0. The molecule has 0 spiro atoms. The van der Waals surface area contributed by atoms with Crippen molar-refractivity contribution < 1.29 is 8.42 Å². The van der Waals surface area contributed by atoms with E-state index in [4.69, 9.17) is 0 Å². The molecule has 1 N–H and O–H groups in total. The van der Waals surface area contributed by atoms with E-state index in [1.807, 2.05) is 36.4 Å². The van der Waals surface area contributed by atoms with Crippen LogP contribution in [0.4, 0.5) is 0 Å². The van der Waals surface area contributed by atoms with Crippen molar-refractivity contribution in [3.05, 3.63) is 59.9 Å². The smallest absolute Gasteiger partial charge is 0.243 e.